The number of nitrogens with two attached hydrogens (primary N) is 1. The number of carbonyl (C=O) groups is 1. The molecule has 100 valence electrons. The number of amides is 1. The summed E-state index contributed by atoms with van der Waals surface area (Å²) in [4.78, 5) is 15.8. The van der Waals surface area contributed by atoms with Crippen molar-refractivity contribution in [2.24, 2.45) is 5.73 Å². The van der Waals surface area contributed by atoms with Gasteiger partial charge in [0.05, 0.1) is 12.2 Å². The molecular formula is C11H14F3N3O. The van der Waals surface area contributed by atoms with Crippen LogP contribution in [0.4, 0.5) is 13.2 Å². The van der Waals surface area contributed by atoms with Gasteiger partial charge in [-0.05, 0) is 25.1 Å². The summed E-state index contributed by atoms with van der Waals surface area (Å²) in [7, 11) is 0. The van der Waals surface area contributed by atoms with Gasteiger partial charge >= 0.3 is 12.1 Å². The first-order valence-corrected chi connectivity index (χ1v) is 5.41. The first kappa shape index (κ1) is 14.4. The molecule has 4 nitrogen and oxygen atoms in total. The molecule has 18 heavy (non-hydrogen) atoms. The predicted molar refractivity (Wildman–Crippen MR) is 59.4 cm³/mol. The van der Waals surface area contributed by atoms with Crippen LogP contribution in [0.3, 0.4) is 0 Å². The lowest BCUT2D eigenvalue weighted by Gasteiger charge is -2.23. The van der Waals surface area contributed by atoms with E-state index in [1.54, 1.807) is 18.2 Å². The average Bonchev–Trinajstić information content (AvgIpc) is 2.33. The molecule has 0 aliphatic heterocycles. The van der Waals surface area contributed by atoms with E-state index in [4.69, 9.17) is 5.73 Å². The number of nitrogens with zero attached hydrogens (tertiary/aromatic N) is 2. The lowest BCUT2D eigenvalue weighted by Crippen LogP contribution is -2.41. The summed E-state index contributed by atoms with van der Waals surface area (Å²) in [5.41, 5.74) is 5.65. The molecule has 0 radical (unpaired) electrons. The zero-order valence-electron chi connectivity index (χ0n) is 9.65. The second kappa shape index (κ2) is 6.34. The Hall–Kier alpha value is -1.63. The van der Waals surface area contributed by atoms with Crippen LogP contribution in [0.1, 0.15) is 12.1 Å². The topological polar surface area (TPSA) is 59.2 Å². The van der Waals surface area contributed by atoms with Crippen molar-refractivity contribution in [3.8, 4) is 0 Å². The van der Waals surface area contributed by atoms with Crippen molar-refractivity contribution in [1.82, 2.24) is 9.88 Å². The summed E-state index contributed by atoms with van der Waals surface area (Å²) in [6, 6.07) is 4.87. The van der Waals surface area contributed by atoms with Gasteiger partial charge in [0, 0.05) is 12.7 Å². The van der Waals surface area contributed by atoms with Gasteiger partial charge in [-0.1, -0.05) is 6.07 Å². The van der Waals surface area contributed by atoms with Gasteiger partial charge in [0.2, 0.25) is 0 Å². The molecule has 0 saturated carbocycles. The molecular weight excluding hydrogens is 247 g/mol. The van der Waals surface area contributed by atoms with E-state index in [9.17, 15) is 18.0 Å². The van der Waals surface area contributed by atoms with E-state index < -0.39 is 12.1 Å². The quantitative estimate of drug-likeness (QED) is 0.869. The van der Waals surface area contributed by atoms with Crippen molar-refractivity contribution in [3.05, 3.63) is 30.1 Å². The van der Waals surface area contributed by atoms with Gasteiger partial charge < -0.3 is 10.6 Å². The number of carbonyl (C=O) groups excluding carboxylic acids is 1. The van der Waals surface area contributed by atoms with Gasteiger partial charge in [-0.15, -0.1) is 0 Å². The van der Waals surface area contributed by atoms with Crippen molar-refractivity contribution < 1.29 is 18.0 Å². The highest BCUT2D eigenvalue weighted by atomic mass is 19.4. The van der Waals surface area contributed by atoms with E-state index in [0.717, 1.165) is 4.90 Å². The zero-order valence-corrected chi connectivity index (χ0v) is 9.65. The van der Waals surface area contributed by atoms with Crippen LogP contribution >= 0.6 is 0 Å². The Morgan fingerprint density at radius 3 is 2.61 bits per heavy atom. The summed E-state index contributed by atoms with van der Waals surface area (Å²) in [6.45, 7) is 0.0223. The lowest BCUT2D eigenvalue weighted by molar-refractivity contribution is -0.186. The van der Waals surface area contributed by atoms with E-state index in [1.807, 2.05) is 0 Å². The second-order valence-electron chi connectivity index (χ2n) is 3.69. The maximum Gasteiger partial charge on any atom is 0.471 e. The normalized spacial score (nSPS) is 11.3. The molecule has 0 saturated heterocycles. The summed E-state index contributed by atoms with van der Waals surface area (Å²) < 4.78 is 37.2. The van der Waals surface area contributed by atoms with E-state index in [0.29, 0.717) is 12.1 Å². The first-order chi connectivity index (χ1) is 8.45. The van der Waals surface area contributed by atoms with Gasteiger partial charge in [0.1, 0.15) is 0 Å². The standard InChI is InChI=1S/C11H14F3N3O/c12-11(13,14)10(18)17(7-3-5-15)8-9-4-1-2-6-16-9/h1-2,4,6H,3,5,7-8,15H2. The van der Waals surface area contributed by atoms with Crippen molar-refractivity contribution in [2.75, 3.05) is 13.1 Å². The van der Waals surface area contributed by atoms with E-state index in [1.165, 1.54) is 6.20 Å². The molecule has 0 aliphatic carbocycles. The first-order valence-electron chi connectivity index (χ1n) is 5.41. The van der Waals surface area contributed by atoms with E-state index >= 15 is 0 Å². The monoisotopic (exact) mass is 261 g/mol. The molecule has 1 aromatic heterocycles. The van der Waals surface area contributed by atoms with Crippen molar-refractivity contribution >= 4 is 5.91 Å². The van der Waals surface area contributed by atoms with Crippen LogP contribution in [0.2, 0.25) is 0 Å². The lowest BCUT2D eigenvalue weighted by atomic mass is 10.3. The third kappa shape index (κ3) is 4.33. The minimum Gasteiger partial charge on any atom is -0.330 e. The molecule has 0 aromatic carbocycles. The minimum absolute atomic E-state index is 0.0363. The molecule has 0 unspecified atom stereocenters. The van der Waals surface area contributed by atoms with Crippen LogP contribution in [-0.4, -0.2) is 35.1 Å². The van der Waals surface area contributed by atoms with E-state index in [2.05, 4.69) is 4.98 Å². The number of halogens is 3. The summed E-state index contributed by atoms with van der Waals surface area (Å²) >= 11 is 0. The second-order valence-corrected chi connectivity index (χ2v) is 3.69. The van der Waals surface area contributed by atoms with Gasteiger partial charge in [-0.3, -0.25) is 9.78 Å². The average molecular weight is 261 g/mol. The molecule has 0 atom stereocenters. The van der Waals surface area contributed by atoms with Gasteiger partial charge in [-0.25, -0.2) is 0 Å². The Labute approximate surface area is 103 Å². The van der Waals surface area contributed by atoms with Crippen LogP contribution in [0.25, 0.3) is 0 Å². The Morgan fingerprint density at radius 2 is 2.11 bits per heavy atom. The Bertz CT molecular complexity index is 381. The highest BCUT2D eigenvalue weighted by molar-refractivity contribution is 5.81. The highest BCUT2D eigenvalue weighted by Crippen LogP contribution is 2.19. The maximum absolute atomic E-state index is 12.4. The molecule has 7 heteroatoms. The number of hydrogen-bond acceptors (Lipinski definition) is 3. The Balaban J connectivity index is 2.76. The number of aromatic nitrogens is 1. The number of hydrogen-bond donors (Lipinski definition) is 1. The van der Waals surface area contributed by atoms with Gasteiger partial charge in [0.15, 0.2) is 0 Å². The summed E-state index contributed by atoms with van der Waals surface area (Å²) in [6.07, 6.45) is -3.09. The number of rotatable bonds is 5. The van der Waals surface area contributed by atoms with Crippen LogP contribution < -0.4 is 5.73 Å². The van der Waals surface area contributed by atoms with Gasteiger partial charge in [-0.2, -0.15) is 13.2 Å². The molecule has 1 rings (SSSR count). The SMILES string of the molecule is NCCCN(Cc1ccccn1)C(=O)C(F)(F)F. The molecule has 0 spiro atoms. The molecule has 1 amide bonds. The smallest absolute Gasteiger partial charge is 0.330 e. The predicted octanol–water partition coefficient (Wildman–Crippen LogP) is 1.32. The van der Waals surface area contributed by atoms with Crippen molar-refractivity contribution in [2.45, 2.75) is 19.1 Å². The summed E-state index contributed by atoms with van der Waals surface area (Å²) in [5, 5.41) is 0. The fraction of sp³-hybridized carbons (Fsp3) is 0.455. The third-order valence-corrected chi connectivity index (χ3v) is 2.24. The highest BCUT2D eigenvalue weighted by Gasteiger charge is 2.42. The largest absolute Gasteiger partial charge is 0.471 e. The maximum atomic E-state index is 12.4. The molecule has 1 heterocycles. The Morgan fingerprint density at radius 1 is 1.39 bits per heavy atom. The third-order valence-electron chi connectivity index (χ3n) is 2.24. The summed E-state index contributed by atoms with van der Waals surface area (Å²) in [5.74, 6) is -1.86. The minimum atomic E-state index is -4.87. The van der Waals surface area contributed by atoms with Crippen LogP contribution in [0.15, 0.2) is 24.4 Å². The van der Waals surface area contributed by atoms with Crippen molar-refractivity contribution in [3.63, 3.8) is 0 Å². The fourth-order valence-electron chi connectivity index (χ4n) is 1.40. The van der Waals surface area contributed by atoms with Crippen LogP contribution in [0.5, 0.6) is 0 Å². The molecule has 0 aliphatic rings. The molecule has 0 fully saturated rings. The number of pyridine rings is 1. The molecule has 1 aromatic rings. The van der Waals surface area contributed by atoms with E-state index in [-0.39, 0.29) is 19.6 Å². The fourth-order valence-corrected chi connectivity index (χ4v) is 1.40. The van der Waals surface area contributed by atoms with Gasteiger partial charge in [0.25, 0.3) is 0 Å². The van der Waals surface area contributed by atoms with Crippen LogP contribution in [-0.2, 0) is 11.3 Å². The Kier molecular flexibility index (Phi) is 5.08. The van der Waals surface area contributed by atoms with Crippen molar-refractivity contribution in [1.29, 1.82) is 0 Å². The molecule has 2 N–H and O–H groups in total. The zero-order chi connectivity index (χ0) is 13.6. The molecule has 0 bridgehead atoms. The number of alkyl halides is 3. The van der Waals surface area contributed by atoms with Crippen LogP contribution in [0, 0.1) is 0 Å².